The van der Waals surface area contributed by atoms with Gasteiger partial charge in [0.05, 0.1) is 6.54 Å². The molecule has 0 heterocycles. The first kappa shape index (κ1) is 17.8. The van der Waals surface area contributed by atoms with E-state index in [0.717, 1.165) is 10.9 Å². The fraction of sp³-hybridized carbons (Fsp3) is 0.500. The highest BCUT2D eigenvalue weighted by atomic mass is 79.9. The van der Waals surface area contributed by atoms with E-state index >= 15 is 0 Å². The van der Waals surface area contributed by atoms with Crippen LogP contribution < -0.4 is 4.74 Å². The van der Waals surface area contributed by atoms with Crippen molar-refractivity contribution >= 4 is 21.9 Å². The lowest BCUT2D eigenvalue weighted by atomic mass is 10.1. The molecule has 4 nitrogen and oxygen atoms in total. The molecule has 1 aromatic rings. The number of benzene rings is 1. The summed E-state index contributed by atoms with van der Waals surface area (Å²) in [7, 11) is 0. The minimum absolute atomic E-state index is 0.111. The fourth-order valence-electron chi connectivity index (χ4n) is 2.14. The molecule has 0 aliphatic carbocycles. The normalized spacial score (nSPS) is 11.2. The van der Waals surface area contributed by atoms with Crippen LogP contribution in [0.15, 0.2) is 16.6 Å². The minimum atomic E-state index is -2.91. The van der Waals surface area contributed by atoms with Gasteiger partial charge in [-0.3, -0.25) is 9.69 Å². The molecule has 0 saturated heterocycles. The molecule has 1 N–H and O–H groups in total. The van der Waals surface area contributed by atoms with Gasteiger partial charge in [-0.25, -0.2) is 0 Å². The van der Waals surface area contributed by atoms with Crippen LogP contribution in [0.5, 0.6) is 5.75 Å². The number of carboxylic acids is 1. The molecule has 0 aliphatic heterocycles. The first-order valence-electron chi connectivity index (χ1n) is 6.51. The van der Waals surface area contributed by atoms with E-state index in [1.54, 1.807) is 24.0 Å². The molecule has 0 amide bonds. The van der Waals surface area contributed by atoms with Gasteiger partial charge in [-0.05, 0) is 37.6 Å². The second kappa shape index (κ2) is 8.29. The zero-order valence-electron chi connectivity index (χ0n) is 11.9. The summed E-state index contributed by atoms with van der Waals surface area (Å²) in [5.41, 5.74) is 1.11. The summed E-state index contributed by atoms with van der Waals surface area (Å²) in [5, 5.41) is 8.91. The summed E-state index contributed by atoms with van der Waals surface area (Å²) in [6.45, 7) is 1.34. The van der Waals surface area contributed by atoms with E-state index in [2.05, 4.69) is 20.7 Å². The van der Waals surface area contributed by atoms with Crippen LogP contribution in [0.1, 0.15) is 24.5 Å². The lowest BCUT2D eigenvalue weighted by molar-refractivity contribution is -0.138. The monoisotopic (exact) mass is 365 g/mol. The Bertz CT molecular complexity index is 497. The molecule has 1 rings (SSSR count). The van der Waals surface area contributed by atoms with Crippen molar-refractivity contribution < 1.29 is 23.4 Å². The van der Waals surface area contributed by atoms with Gasteiger partial charge in [-0.2, -0.15) is 8.78 Å². The number of hydrogen-bond donors (Lipinski definition) is 1. The molecule has 0 fully saturated rings. The number of halogens is 3. The van der Waals surface area contributed by atoms with Crippen molar-refractivity contribution in [1.29, 1.82) is 0 Å². The van der Waals surface area contributed by atoms with Gasteiger partial charge in [0.25, 0.3) is 0 Å². The molecular weight excluding hydrogens is 348 g/mol. The van der Waals surface area contributed by atoms with Gasteiger partial charge in [-0.15, -0.1) is 0 Å². The van der Waals surface area contributed by atoms with Gasteiger partial charge in [0.15, 0.2) is 0 Å². The molecule has 118 valence electrons. The van der Waals surface area contributed by atoms with Crippen LogP contribution in [-0.2, 0) is 11.3 Å². The molecule has 0 saturated carbocycles. The molecule has 0 aliphatic rings. The zero-order chi connectivity index (χ0) is 16.0. The van der Waals surface area contributed by atoms with E-state index in [4.69, 9.17) is 5.11 Å². The first-order valence-corrected chi connectivity index (χ1v) is 7.30. The average Bonchev–Trinajstić information content (AvgIpc) is 2.32. The number of aliphatic carboxylic acids is 1. The smallest absolute Gasteiger partial charge is 0.387 e. The van der Waals surface area contributed by atoms with Crippen molar-refractivity contribution in [3.05, 3.63) is 27.7 Å². The number of aryl methyl sites for hydroxylation is 1. The summed E-state index contributed by atoms with van der Waals surface area (Å²) in [5.74, 6) is -0.841. The van der Waals surface area contributed by atoms with Crippen LogP contribution in [0.3, 0.4) is 0 Å². The van der Waals surface area contributed by atoms with Gasteiger partial charge in [0.1, 0.15) is 5.75 Å². The topological polar surface area (TPSA) is 49.8 Å². The fourth-order valence-corrected chi connectivity index (χ4v) is 2.76. The maximum absolute atomic E-state index is 12.5. The predicted molar refractivity (Wildman–Crippen MR) is 78.7 cm³/mol. The molecule has 1 aromatic carbocycles. The van der Waals surface area contributed by atoms with E-state index < -0.39 is 12.6 Å². The van der Waals surface area contributed by atoms with Crippen molar-refractivity contribution in [3.8, 4) is 5.75 Å². The van der Waals surface area contributed by atoms with Gasteiger partial charge < -0.3 is 9.84 Å². The predicted octanol–water partition coefficient (Wildman–Crippen LogP) is 3.66. The molecule has 7 heteroatoms. The minimum Gasteiger partial charge on any atom is -0.480 e. The number of ether oxygens (including phenoxy) is 1. The first-order chi connectivity index (χ1) is 9.83. The summed E-state index contributed by atoms with van der Waals surface area (Å²) in [6.07, 6.45) is 0.769. The Morgan fingerprint density at radius 2 is 2.14 bits per heavy atom. The summed E-state index contributed by atoms with van der Waals surface area (Å²) in [4.78, 5) is 12.6. The Balaban J connectivity index is 3.05. The van der Waals surface area contributed by atoms with E-state index in [0.29, 0.717) is 17.7 Å². The highest BCUT2D eigenvalue weighted by Gasteiger charge is 2.17. The molecule has 0 radical (unpaired) electrons. The van der Waals surface area contributed by atoms with Crippen molar-refractivity contribution in [2.24, 2.45) is 0 Å². The Morgan fingerprint density at radius 3 is 2.67 bits per heavy atom. The van der Waals surface area contributed by atoms with Crippen LogP contribution in [0.2, 0.25) is 0 Å². The summed E-state index contributed by atoms with van der Waals surface area (Å²) in [6, 6.07) is 3.36. The van der Waals surface area contributed by atoms with Gasteiger partial charge in [0.2, 0.25) is 0 Å². The molecule has 21 heavy (non-hydrogen) atoms. The quantitative estimate of drug-likeness (QED) is 0.763. The van der Waals surface area contributed by atoms with Crippen LogP contribution in [0, 0.1) is 6.92 Å². The Hall–Kier alpha value is -1.21. The van der Waals surface area contributed by atoms with Crippen molar-refractivity contribution in [3.63, 3.8) is 0 Å². The Kier molecular flexibility index (Phi) is 7.04. The van der Waals surface area contributed by atoms with E-state index in [-0.39, 0.29) is 18.8 Å². The largest absolute Gasteiger partial charge is 0.480 e. The highest BCUT2D eigenvalue weighted by Crippen LogP contribution is 2.30. The zero-order valence-corrected chi connectivity index (χ0v) is 13.5. The molecular formula is C14H18BrF2NO3. The standard InChI is InChI=1S/C14H18BrF2NO3/c1-3-4-18(8-12(19)20)7-10-6-11(15)5-9(2)13(10)21-14(16)17/h5-6,14H,3-4,7-8H2,1-2H3,(H,19,20). The average molecular weight is 366 g/mol. The molecule has 0 unspecified atom stereocenters. The van der Waals surface area contributed by atoms with Gasteiger partial charge in [0, 0.05) is 16.6 Å². The van der Waals surface area contributed by atoms with Crippen LogP contribution in [0.25, 0.3) is 0 Å². The Labute approximate surface area is 130 Å². The number of carboxylic acid groups (broad SMARTS) is 1. The lowest BCUT2D eigenvalue weighted by Gasteiger charge is -2.22. The maximum Gasteiger partial charge on any atom is 0.387 e. The van der Waals surface area contributed by atoms with E-state index in [1.165, 1.54) is 0 Å². The van der Waals surface area contributed by atoms with E-state index in [1.807, 2.05) is 6.92 Å². The third-order valence-corrected chi connectivity index (χ3v) is 3.27. The number of carbonyl (C=O) groups is 1. The summed E-state index contributed by atoms with van der Waals surface area (Å²) < 4.78 is 30.4. The third-order valence-electron chi connectivity index (χ3n) is 2.82. The highest BCUT2D eigenvalue weighted by molar-refractivity contribution is 9.10. The lowest BCUT2D eigenvalue weighted by Crippen LogP contribution is -2.30. The van der Waals surface area contributed by atoms with Crippen molar-refractivity contribution in [2.75, 3.05) is 13.1 Å². The SMILES string of the molecule is CCCN(CC(=O)O)Cc1cc(Br)cc(C)c1OC(F)F. The maximum atomic E-state index is 12.5. The Morgan fingerprint density at radius 1 is 1.48 bits per heavy atom. The molecule has 0 atom stereocenters. The third kappa shape index (κ3) is 5.97. The summed E-state index contributed by atoms with van der Waals surface area (Å²) >= 11 is 3.32. The number of nitrogens with zero attached hydrogens (tertiary/aromatic N) is 1. The van der Waals surface area contributed by atoms with Crippen LogP contribution in [-0.4, -0.2) is 35.7 Å². The second-order valence-corrected chi connectivity index (χ2v) is 5.61. The molecule has 0 bridgehead atoms. The van der Waals surface area contributed by atoms with Crippen molar-refractivity contribution in [1.82, 2.24) is 4.90 Å². The van der Waals surface area contributed by atoms with Gasteiger partial charge >= 0.3 is 12.6 Å². The molecule has 0 spiro atoms. The second-order valence-electron chi connectivity index (χ2n) is 4.69. The number of alkyl halides is 2. The van der Waals surface area contributed by atoms with Crippen molar-refractivity contribution in [2.45, 2.75) is 33.4 Å². The van der Waals surface area contributed by atoms with Crippen LogP contribution >= 0.6 is 15.9 Å². The number of rotatable bonds is 8. The van der Waals surface area contributed by atoms with E-state index in [9.17, 15) is 13.6 Å². The molecule has 0 aromatic heterocycles. The van der Waals surface area contributed by atoms with Gasteiger partial charge in [-0.1, -0.05) is 22.9 Å². The van der Waals surface area contributed by atoms with Crippen LogP contribution in [0.4, 0.5) is 8.78 Å². The number of hydrogen-bond acceptors (Lipinski definition) is 3.